The Labute approximate surface area is 170 Å². The summed E-state index contributed by atoms with van der Waals surface area (Å²) in [6.45, 7) is 6.61. The number of pyridine rings is 1. The number of carbonyl (C=O) groups is 2. The van der Waals surface area contributed by atoms with Crippen molar-refractivity contribution in [3.63, 3.8) is 0 Å². The van der Waals surface area contributed by atoms with E-state index < -0.39 is 0 Å². The van der Waals surface area contributed by atoms with Crippen LogP contribution in [0.25, 0.3) is 0 Å². The summed E-state index contributed by atoms with van der Waals surface area (Å²) in [5, 5.41) is 0. The first-order chi connectivity index (χ1) is 14.0. The first kappa shape index (κ1) is 19.6. The zero-order valence-electron chi connectivity index (χ0n) is 17.0. The van der Waals surface area contributed by atoms with Gasteiger partial charge in [0, 0.05) is 32.0 Å². The van der Waals surface area contributed by atoms with Crippen LogP contribution in [0.15, 0.2) is 35.0 Å². The Hall–Kier alpha value is -2.67. The summed E-state index contributed by atoms with van der Waals surface area (Å²) in [4.78, 5) is 33.4. The zero-order chi connectivity index (χ0) is 20.4. The quantitative estimate of drug-likeness (QED) is 0.795. The van der Waals surface area contributed by atoms with Crippen LogP contribution in [-0.4, -0.2) is 65.0 Å². The van der Waals surface area contributed by atoms with E-state index >= 15 is 0 Å². The highest BCUT2D eigenvalue weighted by atomic mass is 16.5. The van der Waals surface area contributed by atoms with Crippen LogP contribution in [0.5, 0.6) is 0 Å². The van der Waals surface area contributed by atoms with Crippen molar-refractivity contribution in [1.29, 1.82) is 0 Å². The van der Waals surface area contributed by atoms with Crippen LogP contribution in [0, 0.1) is 13.8 Å². The lowest BCUT2D eigenvalue weighted by atomic mass is 9.89. The lowest BCUT2D eigenvalue weighted by molar-refractivity contribution is -0.146. The highest BCUT2D eigenvalue weighted by Gasteiger charge is 2.42. The van der Waals surface area contributed by atoms with Crippen LogP contribution in [0.4, 0.5) is 0 Å². The Morgan fingerprint density at radius 2 is 1.97 bits per heavy atom. The van der Waals surface area contributed by atoms with Gasteiger partial charge in [-0.2, -0.15) is 0 Å². The van der Waals surface area contributed by atoms with Gasteiger partial charge in [0.1, 0.15) is 11.5 Å². The predicted molar refractivity (Wildman–Crippen MR) is 107 cm³/mol. The number of rotatable bonds is 3. The van der Waals surface area contributed by atoms with Gasteiger partial charge in [-0.05, 0) is 44.4 Å². The Bertz CT molecular complexity index is 885. The van der Waals surface area contributed by atoms with Crippen molar-refractivity contribution in [1.82, 2.24) is 14.8 Å². The number of hydrogen-bond acceptors (Lipinski definition) is 5. The average molecular weight is 397 g/mol. The summed E-state index contributed by atoms with van der Waals surface area (Å²) in [6, 6.07) is 5.57. The SMILES string of the molecule is Cc1cc(C(=O)N2CCOC3(CCN(C(=O)Cc4cccnc4)CC3)C2)c(C)o1. The van der Waals surface area contributed by atoms with Gasteiger partial charge >= 0.3 is 0 Å². The second kappa shape index (κ2) is 7.99. The molecule has 7 heteroatoms. The van der Waals surface area contributed by atoms with E-state index in [0.29, 0.717) is 50.5 Å². The van der Waals surface area contributed by atoms with Gasteiger partial charge in [-0.1, -0.05) is 6.07 Å². The number of ether oxygens (including phenoxy) is 1. The molecule has 4 heterocycles. The summed E-state index contributed by atoms with van der Waals surface area (Å²) in [5.41, 5.74) is 1.18. The molecule has 2 amide bonds. The molecule has 1 spiro atoms. The van der Waals surface area contributed by atoms with Crippen molar-refractivity contribution >= 4 is 11.8 Å². The summed E-state index contributed by atoms with van der Waals surface area (Å²) < 4.78 is 11.7. The first-order valence-corrected chi connectivity index (χ1v) is 10.1. The van der Waals surface area contributed by atoms with E-state index in [0.717, 1.165) is 24.2 Å². The predicted octanol–water partition coefficient (Wildman–Crippen LogP) is 2.37. The van der Waals surface area contributed by atoms with E-state index in [-0.39, 0.29) is 17.4 Å². The molecule has 0 radical (unpaired) electrons. The summed E-state index contributed by atoms with van der Waals surface area (Å²) in [5.74, 6) is 1.51. The van der Waals surface area contributed by atoms with E-state index in [2.05, 4.69) is 4.98 Å². The van der Waals surface area contributed by atoms with Crippen LogP contribution in [0.1, 0.15) is 40.3 Å². The number of furan rings is 1. The molecule has 0 aromatic carbocycles. The number of nitrogens with zero attached hydrogens (tertiary/aromatic N) is 3. The molecular formula is C22H27N3O4. The van der Waals surface area contributed by atoms with Crippen molar-refractivity contribution in [3.05, 3.63) is 53.2 Å². The van der Waals surface area contributed by atoms with Gasteiger partial charge in [-0.15, -0.1) is 0 Å². The minimum atomic E-state index is -0.369. The van der Waals surface area contributed by atoms with Crippen LogP contribution in [0.3, 0.4) is 0 Å². The lowest BCUT2D eigenvalue weighted by Crippen LogP contribution is -2.58. The topological polar surface area (TPSA) is 75.9 Å². The second-order valence-corrected chi connectivity index (χ2v) is 8.00. The third-order valence-electron chi connectivity index (χ3n) is 5.91. The van der Waals surface area contributed by atoms with Gasteiger partial charge in [-0.3, -0.25) is 14.6 Å². The molecule has 0 saturated carbocycles. The highest BCUT2D eigenvalue weighted by Crippen LogP contribution is 2.31. The van der Waals surface area contributed by atoms with E-state index in [1.165, 1.54) is 0 Å². The molecule has 0 unspecified atom stereocenters. The zero-order valence-corrected chi connectivity index (χ0v) is 17.0. The van der Waals surface area contributed by atoms with Crippen molar-refractivity contribution < 1.29 is 18.7 Å². The highest BCUT2D eigenvalue weighted by molar-refractivity contribution is 5.95. The maximum atomic E-state index is 13.0. The summed E-state index contributed by atoms with van der Waals surface area (Å²) in [7, 11) is 0. The van der Waals surface area contributed by atoms with Crippen molar-refractivity contribution in [3.8, 4) is 0 Å². The van der Waals surface area contributed by atoms with Gasteiger partial charge < -0.3 is 19.0 Å². The lowest BCUT2D eigenvalue weighted by Gasteiger charge is -2.47. The van der Waals surface area contributed by atoms with Gasteiger partial charge in [-0.25, -0.2) is 0 Å². The maximum Gasteiger partial charge on any atom is 0.257 e. The number of aromatic nitrogens is 1. The van der Waals surface area contributed by atoms with Gasteiger partial charge in [0.25, 0.3) is 5.91 Å². The summed E-state index contributed by atoms with van der Waals surface area (Å²) >= 11 is 0. The molecule has 4 rings (SSSR count). The molecule has 2 aromatic rings. The molecule has 0 bridgehead atoms. The molecule has 154 valence electrons. The largest absolute Gasteiger partial charge is 0.466 e. The molecule has 0 aliphatic carbocycles. The van der Waals surface area contributed by atoms with Crippen LogP contribution >= 0.6 is 0 Å². The minimum absolute atomic E-state index is 0.00268. The van der Waals surface area contributed by atoms with Crippen LogP contribution in [-0.2, 0) is 16.0 Å². The van der Waals surface area contributed by atoms with Crippen molar-refractivity contribution in [2.45, 2.75) is 38.7 Å². The molecule has 2 aliphatic rings. The van der Waals surface area contributed by atoms with Gasteiger partial charge in [0.2, 0.25) is 5.91 Å². The fourth-order valence-corrected chi connectivity index (χ4v) is 4.29. The van der Waals surface area contributed by atoms with Crippen molar-refractivity contribution in [2.24, 2.45) is 0 Å². The number of likely N-dealkylation sites (tertiary alicyclic amines) is 1. The normalized spacial score (nSPS) is 18.8. The van der Waals surface area contributed by atoms with E-state index in [4.69, 9.17) is 9.15 Å². The second-order valence-electron chi connectivity index (χ2n) is 8.00. The number of carbonyl (C=O) groups excluding carboxylic acids is 2. The van der Waals surface area contributed by atoms with Crippen LogP contribution in [0.2, 0.25) is 0 Å². The molecule has 2 aliphatic heterocycles. The number of amides is 2. The minimum Gasteiger partial charge on any atom is -0.466 e. The Morgan fingerprint density at radius 3 is 2.62 bits per heavy atom. The summed E-state index contributed by atoms with van der Waals surface area (Å²) in [6.07, 6.45) is 5.28. The van der Waals surface area contributed by atoms with E-state index in [1.54, 1.807) is 18.5 Å². The smallest absolute Gasteiger partial charge is 0.257 e. The molecule has 0 atom stereocenters. The first-order valence-electron chi connectivity index (χ1n) is 10.1. The molecule has 29 heavy (non-hydrogen) atoms. The molecule has 2 saturated heterocycles. The monoisotopic (exact) mass is 397 g/mol. The van der Waals surface area contributed by atoms with Crippen LogP contribution < -0.4 is 0 Å². The third kappa shape index (κ3) is 4.19. The van der Waals surface area contributed by atoms with E-state index in [9.17, 15) is 9.59 Å². The van der Waals surface area contributed by atoms with E-state index in [1.807, 2.05) is 35.8 Å². The molecule has 2 fully saturated rings. The Morgan fingerprint density at radius 1 is 1.17 bits per heavy atom. The fourth-order valence-electron chi connectivity index (χ4n) is 4.29. The number of morpholine rings is 1. The number of hydrogen-bond donors (Lipinski definition) is 0. The molecule has 2 aromatic heterocycles. The average Bonchev–Trinajstić information content (AvgIpc) is 3.06. The fraction of sp³-hybridized carbons (Fsp3) is 0.500. The maximum absolute atomic E-state index is 13.0. The Kier molecular flexibility index (Phi) is 5.41. The van der Waals surface area contributed by atoms with Gasteiger partial charge in [0.05, 0.1) is 30.7 Å². The third-order valence-corrected chi connectivity index (χ3v) is 5.91. The molecular weight excluding hydrogens is 370 g/mol. The standard InChI is InChI=1S/C22H27N3O4/c1-16-12-19(17(2)29-16)21(27)25-10-11-28-22(15-25)5-8-24(9-6-22)20(26)13-18-4-3-7-23-14-18/h3-4,7,12,14H,5-6,8-11,13,15H2,1-2H3. The van der Waals surface area contributed by atoms with Gasteiger partial charge in [0.15, 0.2) is 0 Å². The number of aryl methyl sites for hydroxylation is 2. The Balaban J connectivity index is 1.37. The molecule has 0 N–H and O–H groups in total. The number of piperidine rings is 1. The molecule has 7 nitrogen and oxygen atoms in total. The van der Waals surface area contributed by atoms with Crippen molar-refractivity contribution in [2.75, 3.05) is 32.8 Å².